The van der Waals surface area contributed by atoms with Gasteiger partial charge in [-0.2, -0.15) is 0 Å². The fourth-order valence-electron chi connectivity index (χ4n) is 1.57. The zero-order valence-corrected chi connectivity index (χ0v) is 11.2. The Morgan fingerprint density at radius 3 is 2.78 bits per heavy atom. The number of hydrogen-bond acceptors (Lipinski definition) is 5. The summed E-state index contributed by atoms with van der Waals surface area (Å²) < 4.78 is 6.43. The van der Waals surface area contributed by atoms with Crippen LogP contribution in [0.25, 0.3) is 10.2 Å². The first-order valence-corrected chi connectivity index (χ1v) is 6.35. The van der Waals surface area contributed by atoms with Gasteiger partial charge in [-0.05, 0) is 26.0 Å². The van der Waals surface area contributed by atoms with Crippen LogP contribution < -0.4 is 10.1 Å². The quantitative estimate of drug-likeness (QED) is 0.890. The third-order valence-electron chi connectivity index (χ3n) is 2.28. The molecule has 0 aliphatic carbocycles. The number of fused-ring (bicyclic) bond motifs is 1. The minimum atomic E-state index is -0.968. The Hall–Kier alpha value is -1.82. The van der Waals surface area contributed by atoms with Gasteiger partial charge in [0.05, 0.1) is 16.4 Å². The van der Waals surface area contributed by atoms with Crippen molar-refractivity contribution < 1.29 is 14.6 Å². The van der Waals surface area contributed by atoms with E-state index in [0.29, 0.717) is 11.3 Å². The number of anilines is 1. The van der Waals surface area contributed by atoms with Gasteiger partial charge in [0.2, 0.25) is 0 Å². The predicted molar refractivity (Wildman–Crippen MR) is 71.9 cm³/mol. The molecular formula is C12H14N2O3S. The van der Waals surface area contributed by atoms with Gasteiger partial charge in [-0.25, -0.2) is 9.78 Å². The van der Waals surface area contributed by atoms with Gasteiger partial charge in [0.15, 0.2) is 5.13 Å². The highest BCUT2D eigenvalue weighted by Crippen LogP contribution is 2.34. The minimum Gasteiger partial charge on any atom is -0.489 e. The van der Waals surface area contributed by atoms with E-state index in [9.17, 15) is 4.79 Å². The van der Waals surface area contributed by atoms with Crippen LogP contribution in [0.1, 0.15) is 24.2 Å². The van der Waals surface area contributed by atoms with Crippen LogP contribution in [0.2, 0.25) is 0 Å². The SMILES string of the molecule is CNc1nc2c(OC(C)C)cc(C(=O)O)cc2s1. The molecule has 0 aliphatic heterocycles. The monoisotopic (exact) mass is 266 g/mol. The maximum Gasteiger partial charge on any atom is 0.335 e. The molecule has 0 amide bonds. The van der Waals surface area contributed by atoms with Crippen LogP contribution in [-0.2, 0) is 0 Å². The normalized spacial score (nSPS) is 10.9. The maximum atomic E-state index is 11.1. The van der Waals surface area contributed by atoms with E-state index in [1.165, 1.54) is 17.4 Å². The molecule has 0 saturated carbocycles. The Balaban J connectivity index is 2.62. The highest BCUT2D eigenvalue weighted by atomic mass is 32.1. The van der Waals surface area contributed by atoms with Crippen LogP contribution >= 0.6 is 11.3 Å². The Bertz CT molecular complexity index is 592. The van der Waals surface area contributed by atoms with Gasteiger partial charge in [0.25, 0.3) is 0 Å². The fourth-order valence-corrected chi connectivity index (χ4v) is 2.45. The maximum absolute atomic E-state index is 11.1. The Kier molecular flexibility index (Phi) is 3.38. The topological polar surface area (TPSA) is 71.5 Å². The number of thiazole rings is 1. The zero-order chi connectivity index (χ0) is 13.3. The zero-order valence-electron chi connectivity index (χ0n) is 10.4. The van der Waals surface area contributed by atoms with Gasteiger partial charge in [0, 0.05) is 7.05 Å². The summed E-state index contributed by atoms with van der Waals surface area (Å²) in [5.74, 6) is -0.456. The van der Waals surface area contributed by atoms with Gasteiger partial charge in [-0.1, -0.05) is 11.3 Å². The number of ether oxygens (including phenoxy) is 1. The molecule has 0 spiro atoms. The molecule has 0 bridgehead atoms. The van der Waals surface area contributed by atoms with Gasteiger partial charge < -0.3 is 15.2 Å². The molecule has 0 atom stereocenters. The first kappa shape index (κ1) is 12.6. The highest BCUT2D eigenvalue weighted by molar-refractivity contribution is 7.22. The van der Waals surface area contributed by atoms with Crippen molar-refractivity contribution in [1.29, 1.82) is 0 Å². The van der Waals surface area contributed by atoms with Crippen LogP contribution in [0.5, 0.6) is 5.75 Å². The van der Waals surface area contributed by atoms with Gasteiger partial charge in [-0.15, -0.1) is 0 Å². The average molecular weight is 266 g/mol. The molecule has 96 valence electrons. The lowest BCUT2D eigenvalue weighted by atomic mass is 10.2. The highest BCUT2D eigenvalue weighted by Gasteiger charge is 2.15. The number of carbonyl (C=O) groups is 1. The molecule has 1 aromatic carbocycles. The van der Waals surface area contributed by atoms with E-state index < -0.39 is 5.97 Å². The van der Waals surface area contributed by atoms with Crippen LogP contribution in [0, 0.1) is 0 Å². The standard InChI is InChI=1S/C12H14N2O3S/c1-6(2)17-8-4-7(11(15)16)5-9-10(8)14-12(13-3)18-9/h4-6H,1-3H3,(H,13,14)(H,15,16). The number of nitrogens with one attached hydrogen (secondary N) is 1. The average Bonchev–Trinajstić information content (AvgIpc) is 2.71. The molecular weight excluding hydrogens is 252 g/mol. The van der Waals surface area contributed by atoms with Crippen LogP contribution in [-0.4, -0.2) is 29.2 Å². The van der Waals surface area contributed by atoms with Crippen molar-refractivity contribution in [3.63, 3.8) is 0 Å². The predicted octanol–water partition coefficient (Wildman–Crippen LogP) is 2.82. The third kappa shape index (κ3) is 2.38. The van der Waals surface area contributed by atoms with Gasteiger partial charge >= 0.3 is 5.97 Å². The first-order valence-electron chi connectivity index (χ1n) is 5.53. The van der Waals surface area contributed by atoms with Gasteiger partial charge in [-0.3, -0.25) is 0 Å². The fraction of sp³-hybridized carbons (Fsp3) is 0.333. The van der Waals surface area contributed by atoms with Crippen molar-refractivity contribution in [2.75, 3.05) is 12.4 Å². The number of aromatic nitrogens is 1. The van der Waals surface area contributed by atoms with Crippen molar-refractivity contribution in [2.45, 2.75) is 20.0 Å². The van der Waals surface area contributed by atoms with E-state index in [-0.39, 0.29) is 11.7 Å². The van der Waals surface area contributed by atoms with E-state index in [0.717, 1.165) is 9.83 Å². The number of hydrogen-bond donors (Lipinski definition) is 2. The summed E-state index contributed by atoms with van der Waals surface area (Å²) in [5, 5.41) is 12.8. The van der Waals surface area contributed by atoms with E-state index in [4.69, 9.17) is 9.84 Å². The molecule has 2 aromatic rings. The molecule has 1 heterocycles. The lowest BCUT2D eigenvalue weighted by Gasteiger charge is -2.10. The summed E-state index contributed by atoms with van der Waals surface area (Å²) in [7, 11) is 1.78. The number of nitrogens with zero attached hydrogens (tertiary/aromatic N) is 1. The van der Waals surface area contributed by atoms with E-state index in [1.54, 1.807) is 13.1 Å². The van der Waals surface area contributed by atoms with Crippen LogP contribution in [0.3, 0.4) is 0 Å². The summed E-state index contributed by atoms with van der Waals surface area (Å²) in [5.41, 5.74) is 0.910. The van der Waals surface area contributed by atoms with Crippen LogP contribution in [0.4, 0.5) is 5.13 Å². The smallest absolute Gasteiger partial charge is 0.335 e. The summed E-state index contributed by atoms with van der Waals surface area (Å²) in [6.07, 6.45) is -0.0306. The third-order valence-corrected chi connectivity index (χ3v) is 3.30. The molecule has 2 rings (SSSR count). The molecule has 0 radical (unpaired) electrons. The first-order chi connectivity index (χ1) is 8.51. The summed E-state index contributed by atoms with van der Waals surface area (Å²) in [4.78, 5) is 15.4. The molecule has 0 fully saturated rings. The molecule has 1 aromatic heterocycles. The molecule has 0 aliphatic rings. The summed E-state index contributed by atoms with van der Waals surface area (Å²) >= 11 is 1.40. The molecule has 6 heteroatoms. The number of aromatic carboxylic acids is 1. The van der Waals surface area contributed by atoms with E-state index in [2.05, 4.69) is 10.3 Å². The number of carboxylic acid groups (broad SMARTS) is 1. The Labute approximate surface area is 108 Å². The molecule has 2 N–H and O–H groups in total. The van der Waals surface area contributed by atoms with Crippen molar-refractivity contribution >= 4 is 32.7 Å². The van der Waals surface area contributed by atoms with Gasteiger partial charge in [0.1, 0.15) is 11.3 Å². The van der Waals surface area contributed by atoms with Crippen molar-refractivity contribution in [1.82, 2.24) is 4.98 Å². The van der Waals surface area contributed by atoms with E-state index in [1.807, 2.05) is 13.8 Å². The number of carboxylic acids is 1. The summed E-state index contributed by atoms with van der Waals surface area (Å²) in [6.45, 7) is 3.79. The Morgan fingerprint density at radius 2 is 2.22 bits per heavy atom. The minimum absolute atomic E-state index is 0.0306. The molecule has 0 saturated heterocycles. The second-order valence-electron chi connectivity index (χ2n) is 4.06. The number of benzene rings is 1. The molecule has 5 nitrogen and oxygen atoms in total. The molecule has 18 heavy (non-hydrogen) atoms. The molecule has 0 unspecified atom stereocenters. The lowest BCUT2D eigenvalue weighted by Crippen LogP contribution is -2.07. The Morgan fingerprint density at radius 1 is 1.50 bits per heavy atom. The van der Waals surface area contributed by atoms with E-state index >= 15 is 0 Å². The lowest BCUT2D eigenvalue weighted by molar-refractivity contribution is 0.0696. The van der Waals surface area contributed by atoms with Crippen LogP contribution in [0.15, 0.2) is 12.1 Å². The second-order valence-corrected chi connectivity index (χ2v) is 5.09. The van der Waals surface area contributed by atoms with Crippen molar-refractivity contribution in [3.8, 4) is 5.75 Å². The largest absolute Gasteiger partial charge is 0.489 e. The summed E-state index contributed by atoms with van der Waals surface area (Å²) in [6, 6.07) is 3.13. The van der Waals surface area contributed by atoms with Crippen molar-refractivity contribution in [3.05, 3.63) is 17.7 Å². The number of rotatable bonds is 4. The van der Waals surface area contributed by atoms with Crippen molar-refractivity contribution in [2.24, 2.45) is 0 Å². The second kappa shape index (κ2) is 4.81.